The molecule has 0 radical (unpaired) electrons. The Balaban J connectivity index is 2.43. The first-order valence-electron chi connectivity index (χ1n) is 8.45. The monoisotopic (exact) mass is 354 g/mol. The Bertz CT molecular complexity index is 826. The van der Waals surface area contributed by atoms with Crippen molar-refractivity contribution in [1.29, 1.82) is 0 Å². The highest BCUT2D eigenvalue weighted by molar-refractivity contribution is 6.12. The van der Waals surface area contributed by atoms with Gasteiger partial charge in [0.1, 0.15) is 11.5 Å². The Morgan fingerprint density at radius 1 is 1.12 bits per heavy atom. The lowest BCUT2D eigenvalue weighted by atomic mass is 9.98. The Hall–Kier alpha value is -2.95. The number of nitrogen functional groups attached to an aromatic ring is 1. The zero-order valence-electron chi connectivity index (χ0n) is 16.0. The van der Waals surface area contributed by atoms with Crippen LogP contribution in [0, 0.1) is 0 Å². The van der Waals surface area contributed by atoms with E-state index in [-0.39, 0.29) is 5.78 Å². The Labute approximate surface area is 155 Å². The molecule has 0 aliphatic rings. The van der Waals surface area contributed by atoms with Gasteiger partial charge in [-0.2, -0.15) is 0 Å². The number of hydrogen-bond acceptors (Lipinski definition) is 5. The number of nitrogens with two attached hydrogens (primary N) is 1. The van der Waals surface area contributed by atoms with Gasteiger partial charge in [-0.3, -0.25) is 4.79 Å². The van der Waals surface area contributed by atoms with Crippen molar-refractivity contribution in [3.8, 4) is 11.5 Å². The number of benzene rings is 2. The lowest BCUT2D eigenvalue weighted by Gasteiger charge is -2.16. The second-order valence-corrected chi connectivity index (χ2v) is 6.13. The van der Waals surface area contributed by atoms with Crippen LogP contribution in [0.5, 0.6) is 11.5 Å². The molecule has 2 aromatic rings. The lowest BCUT2D eigenvalue weighted by molar-refractivity contribution is 0.103. The van der Waals surface area contributed by atoms with E-state index in [2.05, 4.69) is 0 Å². The van der Waals surface area contributed by atoms with E-state index in [1.54, 1.807) is 26.4 Å². The number of hydrogen-bond donors (Lipinski definition) is 1. The zero-order chi connectivity index (χ0) is 19.3. The van der Waals surface area contributed by atoms with Crippen LogP contribution in [0.25, 0.3) is 6.08 Å². The number of rotatable bonds is 7. The van der Waals surface area contributed by atoms with Crippen molar-refractivity contribution < 1.29 is 14.3 Å². The Kier molecular flexibility index (Phi) is 6.28. The van der Waals surface area contributed by atoms with Crippen molar-refractivity contribution in [1.82, 2.24) is 0 Å². The van der Waals surface area contributed by atoms with Crippen LogP contribution in [0.15, 0.2) is 42.0 Å². The lowest BCUT2D eigenvalue weighted by Crippen LogP contribution is -2.12. The van der Waals surface area contributed by atoms with Crippen molar-refractivity contribution in [2.24, 2.45) is 0 Å². The second-order valence-electron chi connectivity index (χ2n) is 6.13. The Morgan fingerprint density at radius 3 is 2.38 bits per heavy atom. The van der Waals surface area contributed by atoms with E-state index in [1.807, 2.05) is 56.3 Å². The summed E-state index contributed by atoms with van der Waals surface area (Å²) in [6.45, 7) is 1.95. The first kappa shape index (κ1) is 19.4. The average Bonchev–Trinajstić information content (AvgIpc) is 2.64. The van der Waals surface area contributed by atoms with Crippen LogP contribution in [-0.4, -0.2) is 34.1 Å². The summed E-state index contributed by atoms with van der Waals surface area (Å²) in [6.07, 6.45) is 2.44. The smallest absolute Gasteiger partial charge is 0.189 e. The van der Waals surface area contributed by atoms with Crippen LogP contribution >= 0.6 is 0 Å². The largest absolute Gasteiger partial charge is 0.497 e. The molecule has 0 aliphatic carbocycles. The van der Waals surface area contributed by atoms with Crippen molar-refractivity contribution >= 4 is 23.2 Å². The van der Waals surface area contributed by atoms with Gasteiger partial charge in [-0.15, -0.1) is 0 Å². The fraction of sp³-hybridized carbons (Fsp3) is 0.286. The predicted octanol–water partition coefficient (Wildman–Crippen LogP) is 4.03. The molecule has 0 atom stereocenters. The quantitative estimate of drug-likeness (QED) is 0.462. The number of nitrogens with zero attached hydrogens (tertiary/aromatic N) is 1. The maximum absolute atomic E-state index is 13.0. The maximum Gasteiger partial charge on any atom is 0.189 e. The first-order valence-corrected chi connectivity index (χ1v) is 8.45. The number of allylic oxidation sites excluding steroid dienone is 1. The molecule has 0 bridgehead atoms. The van der Waals surface area contributed by atoms with Crippen molar-refractivity contribution in [3.05, 3.63) is 53.1 Å². The standard InChI is InChI=1S/C21H26N2O3/c1-6-14(11-16-12-17(25-4)8-10-20(16)26-5)21(24)15-7-9-19(23(2)3)18(22)13-15/h7-13H,6,22H2,1-5H3/b14-11+. The third-order valence-electron chi connectivity index (χ3n) is 4.21. The minimum Gasteiger partial charge on any atom is -0.497 e. The van der Waals surface area contributed by atoms with Gasteiger partial charge in [-0.05, 0) is 48.9 Å². The molecular formula is C21H26N2O3. The minimum absolute atomic E-state index is 0.0469. The van der Waals surface area contributed by atoms with E-state index in [4.69, 9.17) is 15.2 Å². The normalized spacial score (nSPS) is 11.2. The molecule has 0 saturated carbocycles. The molecule has 0 unspecified atom stereocenters. The summed E-state index contributed by atoms with van der Waals surface area (Å²) in [5.41, 5.74) is 9.60. The first-order chi connectivity index (χ1) is 12.4. The van der Waals surface area contributed by atoms with E-state index in [0.717, 1.165) is 11.3 Å². The van der Waals surface area contributed by atoms with Crippen molar-refractivity contribution in [3.63, 3.8) is 0 Å². The molecule has 0 heterocycles. The van der Waals surface area contributed by atoms with Gasteiger partial charge < -0.3 is 20.1 Å². The number of ether oxygens (including phenoxy) is 2. The van der Waals surface area contributed by atoms with Crippen LogP contribution in [0.4, 0.5) is 11.4 Å². The molecule has 26 heavy (non-hydrogen) atoms. The molecule has 5 nitrogen and oxygen atoms in total. The van der Waals surface area contributed by atoms with E-state index in [9.17, 15) is 4.79 Å². The number of Topliss-reactive ketones (excluding diaryl/α,β-unsaturated/α-hetero) is 1. The number of methoxy groups -OCH3 is 2. The van der Waals surface area contributed by atoms with Gasteiger partial charge in [0.05, 0.1) is 25.6 Å². The molecule has 0 fully saturated rings. The van der Waals surface area contributed by atoms with E-state index >= 15 is 0 Å². The van der Waals surface area contributed by atoms with Gasteiger partial charge in [-0.1, -0.05) is 6.92 Å². The van der Waals surface area contributed by atoms with E-state index < -0.39 is 0 Å². The number of ketones is 1. The summed E-state index contributed by atoms with van der Waals surface area (Å²) in [6, 6.07) is 10.9. The summed E-state index contributed by atoms with van der Waals surface area (Å²) in [4.78, 5) is 14.9. The minimum atomic E-state index is -0.0469. The number of carbonyl (C=O) groups is 1. The topological polar surface area (TPSA) is 64.8 Å². The fourth-order valence-corrected chi connectivity index (χ4v) is 2.76. The van der Waals surface area contributed by atoms with Crippen LogP contribution in [0.2, 0.25) is 0 Å². The van der Waals surface area contributed by atoms with Gasteiger partial charge >= 0.3 is 0 Å². The molecule has 5 heteroatoms. The SMILES string of the molecule is CC/C(=C\c1cc(OC)ccc1OC)C(=O)c1ccc(N(C)C)c(N)c1. The van der Waals surface area contributed by atoms with Crippen molar-refractivity contribution in [2.45, 2.75) is 13.3 Å². The highest BCUT2D eigenvalue weighted by Crippen LogP contribution is 2.29. The van der Waals surface area contributed by atoms with Gasteiger partial charge in [0.15, 0.2) is 5.78 Å². The van der Waals surface area contributed by atoms with Crippen LogP contribution in [-0.2, 0) is 0 Å². The molecule has 2 N–H and O–H groups in total. The highest BCUT2D eigenvalue weighted by atomic mass is 16.5. The summed E-state index contributed by atoms with van der Waals surface area (Å²) in [5.74, 6) is 1.35. The van der Waals surface area contributed by atoms with Crippen molar-refractivity contribution in [2.75, 3.05) is 38.9 Å². The molecule has 0 aromatic heterocycles. The molecule has 0 amide bonds. The second kappa shape index (κ2) is 8.43. The zero-order valence-corrected chi connectivity index (χ0v) is 16.0. The van der Waals surface area contributed by atoms with Gasteiger partial charge in [0.2, 0.25) is 0 Å². The summed E-state index contributed by atoms with van der Waals surface area (Å²) < 4.78 is 10.7. The van der Waals surface area contributed by atoms with Crippen LogP contribution in [0.3, 0.4) is 0 Å². The maximum atomic E-state index is 13.0. The number of anilines is 2. The molecule has 0 aliphatic heterocycles. The van der Waals surface area contributed by atoms with E-state index in [1.165, 1.54) is 0 Å². The van der Waals surface area contributed by atoms with Gasteiger partial charge in [0, 0.05) is 30.8 Å². The molecule has 0 saturated heterocycles. The van der Waals surface area contributed by atoms with E-state index in [0.29, 0.717) is 34.7 Å². The van der Waals surface area contributed by atoms with Gasteiger partial charge in [0.25, 0.3) is 0 Å². The Morgan fingerprint density at radius 2 is 1.85 bits per heavy atom. The fourth-order valence-electron chi connectivity index (χ4n) is 2.76. The summed E-state index contributed by atoms with van der Waals surface area (Å²) in [7, 11) is 7.04. The highest BCUT2D eigenvalue weighted by Gasteiger charge is 2.14. The molecule has 2 rings (SSSR count). The summed E-state index contributed by atoms with van der Waals surface area (Å²) in [5, 5.41) is 0. The van der Waals surface area contributed by atoms with Gasteiger partial charge in [-0.25, -0.2) is 0 Å². The molecule has 0 spiro atoms. The molecule has 2 aromatic carbocycles. The van der Waals surface area contributed by atoms with Crippen LogP contribution in [0.1, 0.15) is 29.3 Å². The number of carbonyl (C=O) groups excluding carboxylic acids is 1. The predicted molar refractivity (Wildman–Crippen MR) is 107 cm³/mol. The molecule has 138 valence electrons. The average molecular weight is 354 g/mol. The summed E-state index contributed by atoms with van der Waals surface area (Å²) >= 11 is 0. The third-order valence-corrected chi connectivity index (χ3v) is 4.21. The van der Waals surface area contributed by atoms with Crippen LogP contribution < -0.4 is 20.1 Å². The molecular weight excluding hydrogens is 328 g/mol. The third kappa shape index (κ3) is 4.17.